The molecule has 2 aromatic rings. The first-order chi connectivity index (χ1) is 7.72. The maximum atomic E-state index is 11.5. The number of aliphatic carboxylic acids is 1. The lowest BCUT2D eigenvalue weighted by atomic mass is 9.85. The normalized spacial score (nSPS) is 19.2. The van der Waals surface area contributed by atoms with Crippen LogP contribution in [0.15, 0.2) is 16.9 Å². The maximum Gasteiger partial charge on any atom is 0.314 e. The molecule has 4 nitrogen and oxygen atoms in total. The molecule has 16 heavy (non-hydrogen) atoms. The number of hydrogen-bond acceptors (Lipinski definition) is 4. The summed E-state index contributed by atoms with van der Waals surface area (Å²) in [6.07, 6.45) is 4.82. The van der Waals surface area contributed by atoms with Gasteiger partial charge in [-0.1, -0.05) is 12.8 Å². The monoisotopic (exact) mass is 237 g/mol. The Morgan fingerprint density at radius 2 is 2.25 bits per heavy atom. The van der Waals surface area contributed by atoms with E-state index in [1.54, 1.807) is 0 Å². The Morgan fingerprint density at radius 1 is 1.50 bits per heavy atom. The number of carboxylic acid groups (broad SMARTS) is 1. The Labute approximate surface area is 95.9 Å². The minimum Gasteiger partial charge on any atom is -0.481 e. The summed E-state index contributed by atoms with van der Waals surface area (Å²) in [7, 11) is 0. The molecule has 0 saturated heterocycles. The highest BCUT2D eigenvalue weighted by atomic mass is 32.1. The van der Waals surface area contributed by atoms with Crippen LogP contribution in [0.2, 0.25) is 0 Å². The summed E-state index contributed by atoms with van der Waals surface area (Å²) in [5.74, 6) is -0.714. The van der Waals surface area contributed by atoms with Crippen molar-refractivity contribution in [2.45, 2.75) is 31.1 Å². The molecule has 1 saturated carbocycles. The number of oxazole rings is 1. The van der Waals surface area contributed by atoms with Crippen molar-refractivity contribution in [3.63, 3.8) is 0 Å². The standard InChI is InChI=1S/C11H11NO3S/c13-10(14)11(3-1-2-4-11)8-5-7-9(16-8)15-6-12-7/h5-6H,1-4H2,(H,13,14). The quantitative estimate of drug-likeness (QED) is 0.872. The highest BCUT2D eigenvalue weighted by Gasteiger charge is 2.44. The van der Waals surface area contributed by atoms with Crippen LogP contribution in [-0.2, 0) is 10.2 Å². The van der Waals surface area contributed by atoms with Crippen LogP contribution in [0, 0.1) is 0 Å². The van der Waals surface area contributed by atoms with Crippen molar-refractivity contribution in [3.05, 3.63) is 17.3 Å². The maximum absolute atomic E-state index is 11.5. The Balaban J connectivity index is 2.13. The van der Waals surface area contributed by atoms with Crippen molar-refractivity contribution in [1.29, 1.82) is 0 Å². The molecule has 0 bridgehead atoms. The zero-order valence-corrected chi connectivity index (χ0v) is 9.42. The summed E-state index contributed by atoms with van der Waals surface area (Å²) in [5, 5.41) is 9.44. The van der Waals surface area contributed by atoms with Crippen molar-refractivity contribution in [2.24, 2.45) is 0 Å². The number of hydrogen-bond donors (Lipinski definition) is 1. The third-order valence-corrected chi connectivity index (χ3v) is 4.59. The fourth-order valence-corrected chi connectivity index (χ4v) is 3.61. The van der Waals surface area contributed by atoms with Crippen molar-refractivity contribution in [3.8, 4) is 0 Å². The lowest BCUT2D eigenvalue weighted by Gasteiger charge is -2.21. The highest BCUT2D eigenvalue weighted by Crippen LogP contribution is 2.45. The van der Waals surface area contributed by atoms with Gasteiger partial charge in [-0.05, 0) is 18.9 Å². The summed E-state index contributed by atoms with van der Waals surface area (Å²) < 4.78 is 5.20. The second-order valence-corrected chi connectivity index (χ2v) is 5.24. The van der Waals surface area contributed by atoms with Crippen molar-refractivity contribution in [2.75, 3.05) is 0 Å². The number of fused-ring (bicyclic) bond motifs is 1. The van der Waals surface area contributed by atoms with E-state index in [1.165, 1.54) is 17.7 Å². The molecule has 84 valence electrons. The molecule has 1 aliphatic carbocycles. The Bertz CT molecular complexity index is 508. The average molecular weight is 237 g/mol. The minimum atomic E-state index is -0.714. The lowest BCUT2D eigenvalue weighted by molar-refractivity contribution is -0.143. The van der Waals surface area contributed by atoms with Crippen LogP contribution in [-0.4, -0.2) is 16.1 Å². The van der Waals surface area contributed by atoms with Crippen molar-refractivity contribution < 1.29 is 14.3 Å². The van der Waals surface area contributed by atoms with Gasteiger partial charge in [0.05, 0.1) is 0 Å². The predicted octanol–water partition coefficient (Wildman–Crippen LogP) is 2.79. The highest BCUT2D eigenvalue weighted by molar-refractivity contribution is 7.18. The van der Waals surface area contributed by atoms with Gasteiger partial charge in [-0.3, -0.25) is 4.79 Å². The van der Waals surface area contributed by atoms with Crippen LogP contribution in [0.5, 0.6) is 0 Å². The summed E-state index contributed by atoms with van der Waals surface area (Å²) in [4.78, 5) is 17.1. The first-order valence-corrected chi connectivity index (χ1v) is 6.11. The van der Waals surface area contributed by atoms with Gasteiger partial charge in [0.15, 0.2) is 6.39 Å². The molecule has 5 heteroatoms. The van der Waals surface area contributed by atoms with Crippen LogP contribution in [0.1, 0.15) is 30.6 Å². The summed E-state index contributed by atoms with van der Waals surface area (Å²) in [6, 6.07) is 1.86. The van der Waals surface area contributed by atoms with Gasteiger partial charge in [0.1, 0.15) is 10.9 Å². The molecule has 1 fully saturated rings. The number of carbonyl (C=O) groups is 1. The molecule has 0 atom stereocenters. The van der Waals surface area contributed by atoms with E-state index in [2.05, 4.69) is 4.98 Å². The number of thiophene rings is 1. The van der Waals surface area contributed by atoms with E-state index < -0.39 is 11.4 Å². The first kappa shape index (κ1) is 9.84. The van der Waals surface area contributed by atoms with Crippen LogP contribution in [0.25, 0.3) is 10.4 Å². The molecule has 1 N–H and O–H groups in total. The molecule has 2 aromatic heterocycles. The molecule has 0 unspecified atom stereocenters. The van der Waals surface area contributed by atoms with Crippen LogP contribution in [0.3, 0.4) is 0 Å². The molecule has 0 amide bonds. The van der Waals surface area contributed by atoms with Gasteiger partial charge in [0.25, 0.3) is 0 Å². The summed E-state index contributed by atoms with van der Waals surface area (Å²) in [5.41, 5.74) is 0.0842. The molecular weight excluding hydrogens is 226 g/mol. The van der Waals surface area contributed by atoms with E-state index in [9.17, 15) is 9.90 Å². The fourth-order valence-electron chi connectivity index (χ4n) is 2.45. The fraction of sp³-hybridized carbons (Fsp3) is 0.455. The van der Waals surface area contributed by atoms with E-state index >= 15 is 0 Å². The number of aromatic nitrogens is 1. The van der Waals surface area contributed by atoms with Crippen LogP contribution in [0.4, 0.5) is 0 Å². The van der Waals surface area contributed by atoms with Gasteiger partial charge < -0.3 is 9.52 Å². The molecule has 1 aliphatic rings. The third-order valence-electron chi connectivity index (χ3n) is 3.37. The second-order valence-electron chi connectivity index (χ2n) is 4.23. The van der Waals surface area contributed by atoms with E-state index in [0.29, 0.717) is 0 Å². The number of nitrogens with zero attached hydrogens (tertiary/aromatic N) is 1. The molecule has 0 spiro atoms. The molecule has 0 radical (unpaired) electrons. The van der Waals surface area contributed by atoms with Gasteiger partial charge in [-0.25, -0.2) is 4.98 Å². The SMILES string of the molecule is O=C(O)C1(c2cc3ncoc3s2)CCCC1. The molecule has 0 aliphatic heterocycles. The van der Waals surface area contributed by atoms with Gasteiger partial charge in [0, 0.05) is 4.88 Å². The molecule has 2 heterocycles. The lowest BCUT2D eigenvalue weighted by Crippen LogP contribution is -2.31. The molecule has 3 rings (SSSR count). The van der Waals surface area contributed by atoms with Crippen molar-refractivity contribution in [1.82, 2.24) is 4.98 Å². The summed E-state index contributed by atoms with van der Waals surface area (Å²) in [6.45, 7) is 0. The van der Waals surface area contributed by atoms with Crippen molar-refractivity contribution >= 4 is 27.7 Å². The van der Waals surface area contributed by atoms with E-state index in [-0.39, 0.29) is 0 Å². The van der Waals surface area contributed by atoms with Gasteiger partial charge in [-0.2, -0.15) is 0 Å². The van der Waals surface area contributed by atoms with E-state index in [0.717, 1.165) is 41.0 Å². The van der Waals surface area contributed by atoms with Gasteiger partial charge in [-0.15, -0.1) is 11.3 Å². The molecule has 0 aromatic carbocycles. The largest absolute Gasteiger partial charge is 0.481 e. The topological polar surface area (TPSA) is 63.3 Å². The number of carboxylic acids is 1. The van der Waals surface area contributed by atoms with E-state index in [1.807, 2.05) is 6.07 Å². The Hall–Kier alpha value is -1.36. The Kier molecular flexibility index (Phi) is 2.04. The first-order valence-electron chi connectivity index (χ1n) is 5.29. The summed E-state index contributed by atoms with van der Waals surface area (Å²) >= 11 is 1.42. The zero-order valence-electron chi connectivity index (χ0n) is 8.60. The predicted molar refractivity (Wildman–Crippen MR) is 59.7 cm³/mol. The third kappa shape index (κ3) is 1.21. The van der Waals surface area contributed by atoms with Crippen LogP contribution < -0.4 is 0 Å². The van der Waals surface area contributed by atoms with Gasteiger partial charge >= 0.3 is 5.97 Å². The Morgan fingerprint density at radius 3 is 2.88 bits per heavy atom. The van der Waals surface area contributed by atoms with Gasteiger partial charge in [0.2, 0.25) is 4.90 Å². The average Bonchev–Trinajstić information content (AvgIpc) is 2.92. The zero-order chi connectivity index (χ0) is 11.2. The van der Waals surface area contributed by atoms with E-state index in [4.69, 9.17) is 4.42 Å². The second kappa shape index (κ2) is 3.31. The number of rotatable bonds is 2. The van der Waals surface area contributed by atoms with Crippen LogP contribution >= 0.6 is 11.3 Å². The molecular formula is C11H11NO3S. The minimum absolute atomic E-state index is 0.687. The smallest absolute Gasteiger partial charge is 0.314 e.